The van der Waals surface area contributed by atoms with Gasteiger partial charge in [0.05, 0.1) is 36.2 Å². The van der Waals surface area contributed by atoms with Gasteiger partial charge in [0, 0.05) is 13.1 Å². The normalized spacial score (nSPS) is 18.7. The molecule has 0 bridgehead atoms. The van der Waals surface area contributed by atoms with Crippen LogP contribution in [0.1, 0.15) is 12.5 Å². The third-order valence-corrected chi connectivity index (χ3v) is 3.96. The van der Waals surface area contributed by atoms with E-state index in [0.717, 1.165) is 12.1 Å². The molecule has 0 aliphatic carbocycles. The molecule has 7 nitrogen and oxygen atoms in total. The third-order valence-electron chi connectivity index (χ3n) is 3.96. The maximum atomic E-state index is 13.0. The topological polar surface area (TPSA) is 72.3 Å². The number of rotatable bonds is 4. The smallest absolute Gasteiger partial charge is 0.376 e. The molecule has 1 aliphatic heterocycles. The van der Waals surface area contributed by atoms with Gasteiger partial charge in [-0.25, -0.2) is 9.67 Å². The van der Waals surface area contributed by atoms with E-state index in [9.17, 15) is 18.0 Å². The lowest BCUT2D eigenvalue weighted by molar-refractivity contribution is -0.137. The highest BCUT2D eigenvalue weighted by Crippen LogP contribution is 2.33. The zero-order valence-corrected chi connectivity index (χ0v) is 14.0. The Balaban J connectivity index is 1.81. The number of nitrogens with zero attached hydrogens (tertiary/aromatic N) is 4. The number of ether oxygens (including phenoxy) is 1. The third kappa shape index (κ3) is 4.38. The van der Waals surface area contributed by atoms with Gasteiger partial charge in [0.2, 0.25) is 5.91 Å². The molecule has 1 fully saturated rings. The first kappa shape index (κ1) is 18.3. The Hall–Kier alpha value is -2.46. The van der Waals surface area contributed by atoms with Gasteiger partial charge in [-0.05, 0) is 25.1 Å². The van der Waals surface area contributed by atoms with Gasteiger partial charge in [-0.15, -0.1) is 0 Å². The number of morpholine rings is 1. The number of aromatic nitrogens is 3. The number of hydrogen-bond acceptors (Lipinski definition) is 5. The van der Waals surface area contributed by atoms with Crippen molar-refractivity contribution in [2.75, 3.05) is 31.6 Å². The Morgan fingerprint density at radius 2 is 2.23 bits per heavy atom. The molecule has 140 valence electrons. The molecule has 0 spiro atoms. The van der Waals surface area contributed by atoms with Crippen molar-refractivity contribution in [1.29, 1.82) is 0 Å². The highest BCUT2D eigenvalue weighted by atomic mass is 19.4. The molecule has 2 aromatic rings. The molecule has 26 heavy (non-hydrogen) atoms. The van der Waals surface area contributed by atoms with Gasteiger partial charge in [-0.3, -0.25) is 9.69 Å². The fraction of sp³-hybridized carbons (Fsp3) is 0.438. The fourth-order valence-corrected chi connectivity index (χ4v) is 2.77. The van der Waals surface area contributed by atoms with Gasteiger partial charge in [0.15, 0.2) is 0 Å². The van der Waals surface area contributed by atoms with Crippen molar-refractivity contribution < 1.29 is 22.7 Å². The Bertz CT molecular complexity index is 764. The minimum absolute atomic E-state index is 0.0100. The van der Waals surface area contributed by atoms with E-state index >= 15 is 0 Å². The number of nitrogens with one attached hydrogen (secondary N) is 1. The zero-order valence-electron chi connectivity index (χ0n) is 14.0. The van der Waals surface area contributed by atoms with Crippen molar-refractivity contribution >= 4 is 11.6 Å². The molecule has 1 amide bonds. The quantitative estimate of drug-likeness (QED) is 0.892. The first-order chi connectivity index (χ1) is 12.3. The summed E-state index contributed by atoms with van der Waals surface area (Å²) in [7, 11) is 0. The maximum Gasteiger partial charge on any atom is 0.416 e. The van der Waals surface area contributed by atoms with Gasteiger partial charge in [0.1, 0.15) is 12.7 Å². The summed E-state index contributed by atoms with van der Waals surface area (Å²) in [5.74, 6) is -0.403. The lowest BCUT2D eigenvalue weighted by atomic mass is 10.1. The van der Waals surface area contributed by atoms with E-state index in [2.05, 4.69) is 15.4 Å². The molecule has 1 aromatic carbocycles. The van der Waals surface area contributed by atoms with Crippen LogP contribution in [0.25, 0.3) is 5.69 Å². The summed E-state index contributed by atoms with van der Waals surface area (Å²) in [6.45, 7) is 3.67. The van der Waals surface area contributed by atoms with Crippen LogP contribution in [0.15, 0.2) is 30.9 Å². The second kappa shape index (κ2) is 7.42. The van der Waals surface area contributed by atoms with Crippen molar-refractivity contribution in [3.05, 3.63) is 36.4 Å². The maximum absolute atomic E-state index is 13.0. The number of amides is 1. The summed E-state index contributed by atoms with van der Waals surface area (Å²) < 4.78 is 45.8. The lowest BCUT2D eigenvalue weighted by Gasteiger charge is -2.30. The monoisotopic (exact) mass is 369 g/mol. The molecule has 0 radical (unpaired) electrons. The molecule has 10 heteroatoms. The molecule has 1 aliphatic rings. The van der Waals surface area contributed by atoms with E-state index in [1.807, 2.05) is 11.8 Å². The van der Waals surface area contributed by atoms with Crippen LogP contribution in [0.4, 0.5) is 18.9 Å². The highest BCUT2D eigenvalue weighted by molar-refractivity contribution is 5.94. The lowest BCUT2D eigenvalue weighted by Crippen LogP contribution is -2.44. The van der Waals surface area contributed by atoms with Crippen LogP contribution >= 0.6 is 0 Å². The van der Waals surface area contributed by atoms with Crippen molar-refractivity contribution in [3.8, 4) is 5.69 Å². The van der Waals surface area contributed by atoms with Crippen LogP contribution in [-0.4, -0.2) is 57.9 Å². The Labute approximate surface area is 147 Å². The van der Waals surface area contributed by atoms with Crippen molar-refractivity contribution in [3.63, 3.8) is 0 Å². The number of benzene rings is 1. The number of anilines is 1. The second-order valence-electron chi connectivity index (χ2n) is 6.03. The number of halogens is 3. The Kier molecular flexibility index (Phi) is 5.23. The molecule has 1 N–H and O–H groups in total. The van der Waals surface area contributed by atoms with E-state index < -0.39 is 17.6 Å². The van der Waals surface area contributed by atoms with Crippen molar-refractivity contribution in [2.24, 2.45) is 0 Å². The van der Waals surface area contributed by atoms with Gasteiger partial charge < -0.3 is 10.1 Å². The molecule has 1 saturated heterocycles. The second-order valence-corrected chi connectivity index (χ2v) is 6.03. The van der Waals surface area contributed by atoms with Gasteiger partial charge in [0.25, 0.3) is 0 Å². The minimum Gasteiger partial charge on any atom is -0.376 e. The van der Waals surface area contributed by atoms with Gasteiger partial charge in [-0.1, -0.05) is 0 Å². The molecule has 0 unspecified atom stereocenters. The van der Waals surface area contributed by atoms with Crippen LogP contribution in [0.3, 0.4) is 0 Å². The predicted octanol–water partition coefficient (Wildman–Crippen LogP) is 1.95. The highest BCUT2D eigenvalue weighted by Gasteiger charge is 2.31. The SMILES string of the molecule is C[C@@H]1CN(CC(=O)Nc2cc(C(F)(F)F)ccc2-n2cncn2)CCO1. The number of carbonyl (C=O) groups is 1. The van der Waals surface area contributed by atoms with Crippen LogP contribution < -0.4 is 5.32 Å². The first-order valence-corrected chi connectivity index (χ1v) is 8.03. The van der Waals surface area contributed by atoms with E-state index in [-0.39, 0.29) is 18.3 Å². The van der Waals surface area contributed by atoms with Gasteiger partial charge in [-0.2, -0.15) is 18.3 Å². The fourth-order valence-electron chi connectivity index (χ4n) is 2.77. The number of carbonyl (C=O) groups excluding carboxylic acids is 1. The summed E-state index contributed by atoms with van der Waals surface area (Å²) in [6.07, 6.45) is -1.89. The average molecular weight is 369 g/mol. The Morgan fingerprint density at radius 3 is 2.88 bits per heavy atom. The first-order valence-electron chi connectivity index (χ1n) is 8.03. The summed E-state index contributed by atoms with van der Waals surface area (Å²) in [5.41, 5.74) is -0.521. The van der Waals surface area contributed by atoms with Crippen LogP contribution in [0, 0.1) is 0 Å². The number of hydrogen-bond donors (Lipinski definition) is 1. The van der Waals surface area contributed by atoms with E-state index in [1.165, 1.54) is 23.4 Å². The van der Waals surface area contributed by atoms with E-state index in [1.54, 1.807) is 0 Å². The molecular formula is C16H18F3N5O2. The van der Waals surface area contributed by atoms with Crippen molar-refractivity contribution in [2.45, 2.75) is 19.2 Å². The summed E-state index contributed by atoms with van der Waals surface area (Å²) in [4.78, 5) is 18.0. The predicted molar refractivity (Wildman–Crippen MR) is 86.8 cm³/mol. The molecule has 3 rings (SSSR count). The summed E-state index contributed by atoms with van der Waals surface area (Å²) in [6, 6.07) is 3.09. The summed E-state index contributed by atoms with van der Waals surface area (Å²) in [5, 5.41) is 6.48. The largest absolute Gasteiger partial charge is 0.416 e. The van der Waals surface area contributed by atoms with Crippen molar-refractivity contribution in [1.82, 2.24) is 19.7 Å². The summed E-state index contributed by atoms with van der Waals surface area (Å²) >= 11 is 0. The molecule has 1 atom stereocenters. The molecule has 1 aromatic heterocycles. The van der Waals surface area contributed by atoms with Crippen LogP contribution in [-0.2, 0) is 15.7 Å². The van der Waals surface area contributed by atoms with E-state index in [0.29, 0.717) is 25.4 Å². The zero-order chi connectivity index (χ0) is 18.7. The number of alkyl halides is 3. The average Bonchev–Trinajstić information content (AvgIpc) is 3.08. The molecule has 0 saturated carbocycles. The minimum atomic E-state index is -4.51. The standard InChI is InChI=1S/C16H18F3N5O2/c1-11-7-23(4-5-26-11)8-15(25)22-13-6-12(16(17,18)19)2-3-14(13)24-10-20-9-21-24/h2-3,6,9-11H,4-5,7-8H2,1H3,(H,22,25)/t11-/m1/s1. The molecule has 2 heterocycles. The Morgan fingerprint density at radius 1 is 1.42 bits per heavy atom. The van der Waals surface area contributed by atoms with E-state index in [4.69, 9.17) is 4.74 Å². The van der Waals surface area contributed by atoms with Crippen LogP contribution in [0.5, 0.6) is 0 Å². The van der Waals surface area contributed by atoms with Gasteiger partial charge >= 0.3 is 6.18 Å². The molecular weight excluding hydrogens is 351 g/mol. The van der Waals surface area contributed by atoms with Crippen LogP contribution in [0.2, 0.25) is 0 Å².